The summed E-state index contributed by atoms with van der Waals surface area (Å²) in [5, 5.41) is 13.7. The molecule has 5 nitrogen and oxygen atoms in total. The summed E-state index contributed by atoms with van der Waals surface area (Å²) in [4.78, 5) is 6.64. The number of anilines is 1. The molecule has 0 saturated carbocycles. The third-order valence-electron chi connectivity index (χ3n) is 3.65. The minimum absolute atomic E-state index is 0.170. The van der Waals surface area contributed by atoms with E-state index in [-0.39, 0.29) is 12.6 Å². The Kier molecular flexibility index (Phi) is 2.48. The highest BCUT2D eigenvalue weighted by atomic mass is 16.3. The van der Waals surface area contributed by atoms with Gasteiger partial charge >= 0.3 is 0 Å². The van der Waals surface area contributed by atoms with Gasteiger partial charge in [0.1, 0.15) is 5.52 Å². The molecule has 0 bridgehead atoms. The summed E-state index contributed by atoms with van der Waals surface area (Å²) in [6.07, 6.45) is 6.47. The Bertz CT molecular complexity index is 524. The fourth-order valence-electron chi connectivity index (χ4n) is 2.61. The van der Waals surface area contributed by atoms with Gasteiger partial charge in [0, 0.05) is 18.9 Å². The molecule has 0 radical (unpaired) electrons. The van der Waals surface area contributed by atoms with Crippen LogP contribution < -0.4 is 4.90 Å². The molecular formula is C12H16N4O. The van der Waals surface area contributed by atoms with Crippen molar-refractivity contribution in [2.24, 2.45) is 5.92 Å². The molecule has 0 spiro atoms. The number of hydrogen-bond donors (Lipinski definition) is 1. The Morgan fingerprint density at radius 3 is 3.18 bits per heavy atom. The first-order valence-corrected chi connectivity index (χ1v) is 5.97. The number of aliphatic hydroxyl groups excluding tert-OH is 1. The Morgan fingerprint density at radius 2 is 2.35 bits per heavy atom. The first-order chi connectivity index (χ1) is 8.31. The second kappa shape index (κ2) is 4.00. The van der Waals surface area contributed by atoms with Crippen molar-refractivity contribution in [3.8, 4) is 0 Å². The van der Waals surface area contributed by atoms with Crippen molar-refractivity contribution in [1.82, 2.24) is 14.6 Å². The second-order valence-corrected chi connectivity index (χ2v) is 4.62. The zero-order chi connectivity index (χ0) is 11.8. The third kappa shape index (κ3) is 1.58. The van der Waals surface area contributed by atoms with E-state index in [4.69, 9.17) is 0 Å². The second-order valence-electron chi connectivity index (χ2n) is 4.62. The lowest BCUT2D eigenvalue weighted by atomic mass is 10.0. The number of aliphatic hydroxyl groups is 1. The van der Waals surface area contributed by atoms with Crippen LogP contribution >= 0.6 is 0 Å². The molecule has 0 amide bonds. The van der Waals surface area contributed by atoms with Gasteiger partial charge in [0.25, 0.3) is 0 Å². The van der Waals surface area contributed by atoms with Crippen molar-refractivity contribution < 1.29 is 5.11 Å². The maximum absolute atomic E-state index is 9.50. The van der Waals surface area contributed by atoms with E-state index in [0.717, 1.165) is 24.3 Å². The van der Waals surface area contributed by atoms with Crippen molar-refractivity contribution in [3.63, 3.8) is 0 Å². The Labute approximate surface area is 99.7 Å². The largest absolute Gasteiger partial charge is 0.394 e. The van der Waals surface area contributed by atoms with Gasteiger partial charge in [0.2, 0.25) is 0 Å². The number of aromatic nitrogens is 3. The summed E-state index contributed by atoms with van der Waals surface area (Å²) >= 11 is 0. The SMILES string of the molecule is CC1CCN(c2nccn3nccc23)C1CO. The van der Waals surface area contributed by atoms with E-state index >= 15 is 0 Å². The topological polar surface area (TPSA) is 53.7 Å². The van der Waals surface area contributed by atoms with E-state index in [9.17, 15) is 5.11 Å². The van der Waals surface area contributed by atoms with E-state index in [1.807, 2.05) is 16.8 Å². The zero-order valence-corrected chi connectivity index (χ0v) is 9.82. The Morgan fingerprint density at radius 1 is 1.47 bits per heavy atom. The van der Waals surface area contributed by atoms with Gasteiger partial charge in [-0.2, -0.15) is 5.10 Å². The molecule has 0 aromatic carbocycles. The number of nitrogens with zero attached hydrogens (tertiary/aromatic N) is 4. The van der Waals surface area contributed by atoms with Gasteiger partial charge in [0.05, 0.1) is 18.8 Å². The summed E-state index contributed by atoms with van der Waals surface area (Å²) < 4.78 is 1.82. The van der Waals surface area contributed by atoms with Gasteiger partial charge in [-0.15, -0.1) is 0 Å². The fraction of sp³-hybridized carbons (Fsp3) is 0.500. The van der Waals surface area contributed by atoms with Crippen molar-refractivity contribution in [1.29, 1.82) is 0 Å². The molecule has 1 aliphatic heterocycles. The van der Waals surface area contributed by atoms with Crippen LogP contribution in [0.15, 0.2) is 24.7 Å². The predicted octanol–water partition coefficient (Wildman–Crippen LogP) is 0.936. The summed E-state index contributed by atoms with van der Waals surface area (Å²) in [7, 11) is 0. The average Bonchev–Trinajstić information content (AvgIpc) is 2.94. The summed E-state index contributed by atoms with van der Waals surface area (Å²) in [5.41, 5.74) is 1.00. The van der Waals surface area contributed by atoms with Crippen LogP contribution in [0.2, 0.25) is 0 Å². The molecule has 3 heterocycles. The lowest BCUT2D eigenvalue weighted by Gasteiger charge is -2.26. The molecular weight excluding hydrogens is 216 g/mol. The molecule has 17 heavy (non-hydrogen) atoms. The molecule has 0 aliphatic carbocycles. The number of fused-ring (bicyclic) bond motifs is 1. The molecule has 1 fully saturated rings. The predicted molar refractivity (Wildman–Crippen MR) is 65.0 cm³/mol. The van der Waals surface area contributed by atoms with Gasteiger partial charge in [-0.25, -0.2) is 9.50 Å². The highest BCUT2D eigenvalue weighted by molar-refractivity contribution is 5.69. The van der Waals surface area contributed by atoms with E-state index in [1.54, 1.807) is 12.4 Å². The van der Waals surface area contributed by atoms with Crippen LogP contribution in [0.3, 0.4) is 0 Å². The van der Waals surface area contributed by atoms with Crippen LogP contribution in [0.4, 0.5) is 5.82 Å². The van der Waals surface area contributed by atoms with Crippen LogP contribution in [0, 0.1) is 5.92 Å². The van der Waals surface area contributed by atoms with Gasteiger partial charge in [-0.3, -0.25) is 0 Å². The van der Waals surface area contributed by atoms with Crippen molar-refractivity contribution in [3.05, 3.63) is 24.7 Å². The highest BCUT2D eigenvalue weighted by Gasteiger charge is 2.32. The lowest BCUT2D eigenvalue weighted by Crippen LogP contribution is -2.36. The smallest absolute Gasteiger partial charge is 0.155 e. The molecule has 5 heteroatoms. The first-order valence-electron chi connectivity index (χ1n) is 5.97. The minimum atomic E-state index is 0.170. The molecule has 3 rings (SSSR count). The normalized spacial score (nSPS) is 24.7. The van der Waals surface area contributed by atoms with E-state index in [1.165, 1.54) is 0 Å². The molecule has 2 unspecified atom stereocenters. The molecule has 90 valence electrons. The molecule has 2 aromatic rings. The molecule has 2 atom stereocenters. The van der Waals surface area contributed by atoms with Crippen LogP contribution in [0.1, 0.15) is 13.3 Å². The monoisotopic (exact) mass is 232 g/mol. The van der Waals surface area contributed by atoms with E-state index in [0.29, 0.717) is 5.92 Å². The lowest BCUT2D eigenvalue weighted by molar-refractivity contribution is 0.244. The van der Waals surface area contributed by atoms with Gasteiger partial charge in [-0.05, 0) is 18.4 Å². The van der Waals surface area contributed by atoms with Crippen LogP contribution in [-0.4, -0.2) is 38.9 Å². The van der Waals surface area contributed by atoms with Crippen molar-refractivity contribution >= 4 is 11.3 Å². The molecule has 1 aliphatic rings. The molecule has 1 N–H and O–H groups in total. The molecule has 1 saturated heterocycles. The van der Waals surface area contributed by atoms with Crippen LogP contribution in [0.5, 0.6) is 0 Å². The maximum atomic E-state index is 9.50. The standard InChI is InChI=1S/C12H16N4O/c1-9-3-6-15(11(9)8-17)12-10-2-4-14-16(10)7-5-13-12/h2,4-5,7,9,11,17H,3,6,8H2,1H3. The number of hydrogen-bond acceptors (Lipinski definition) is 4. The van der Waals surface area contributed by atoms with E-state index in [2.05, 4.69) is 21.9 Å². The fourth-order valence-corrected chi connectivity index (χ4v) is 2.61. The van der Waals surface area contributed by atoms with Gasteiger partial charge < -0.3 is 10.0 Å². The van der Waals surface area contributed by atoms with Crippen LogP contribution in [0.25, 0.3) is 5.52 Å². The Hall–Kier alpha value is -1.62. The third-order valence-corrected chi connectivity index (χ3v) is 3.65. The van der Waals surface area contributed by atoms with Crippen molar-refractivity contribution in [2.75, 3.05) is 18.1 Å². The highest BCUT2D eigenvalue weighted by Crippen LogP contribution is 2.30. The zero-order valence-electron chi connectivity index (χ0n) is 9.82. The summed E-state index contributed by atoms with van der Waals surface area (Å²) in [6, 6.07) is 2.13. The quantitative estimate of drug-likeness (QED) is 0.837. The summed E-state index contributed by atoms with van der Waals surface area (Å²) in [6.45, 7) is 3.31. The maximum Gasteiger partial charge on any atom is 0.155 e. The van der Waals surface area contributed by atoms with E-state index < -0.39 is 0 Å². The van der Waals surface area contributed by atoms with Gasteiger partial charge in [-0.1, -0.05) is 6.92 Å². The first kappa shape index (κ1) is 10.5. The molecule has 2 aromatic heterocycles. The average molecular weight is 232 g/mol. The van der Waals surface area contributed by atoms with Gasteiger partial charge in [0.15, 0.2) is 5.82 Å². The Balaban J connectivity index is 2.06. The van der Waals surface area contributed by atoms with Crippen molar-refractivity contribution in [2.45, 2.75) is 19.4 Å². The summed E-state index contributed by atoms with van der Waals surface area (Å²) in [5.74, 6) is 1.43. The number of rotatable bonds is 2. The van der Waals surface area contributed by atoms with Crippen LogP contribution in [-0.2, 0) is 0 Å². The minimum Gasteiger partial charge on any atom is -0.394 e.